The lowest BCUT2D eigenvalue weighted by Gasteiger charge is -2.16. The average molecular weight is 299 g/mol. The lowest BCUT2D eigenvalue weighted by atomic mass is 10.1. The molecule has 1 fully saturated rings. The first-order chi connectivity index (χ1) is 10.6. The van der Waals surface area contributed by atoms with Crippen molar-refractivity contribution in [3.8, 4) is 0 Å². The van der Waals surface area contributed by atoms with Gasteiger partial charge in [-0.25, -0.2) is 0 Å². The first-order valence-electron chi connectivity index (χ1n) is 7.22. The summed E-state index contributed by atoms with van der Waals surface area (Å²) < 4.78 is 5.15. The van der Waals surface area contributed by atoms with Gasteiger partial charge < -0.3 is 10.1 Å². The van der Waals surface area contributed by atoms with Crippen molar-refractivity contribution < 1.29 is 14.3 Å². The smallest absolute Gasteiger partial charge is 0.303 e. The summed E-state index contributed by atoms with van der Waals surface area (Å²) in [5.41, 5.74) is 1.65. The molecule has 2 N–H and O–H groups in total. The highest BCUT2D eigenvalue weighted by atomic mass is 16.5. The molecule has 6 heteroatoms. The lowest BCUT2D eigenvalue weighted by Crippen LogP contribution is -2.25. The largest absolute Gasteiger partial charge is 0.447 e. The Kier molecular flexibility index (Phi) is 3.91. The molecule has 0 saturated heterocycles. The van der Waals surface area contributed by atoms with Gasteiger partial charge in [-0.15, -0.1) is 0 Å². The number of hydrogen-bond donors (Lipinski definition) is 2. The van der Waals surface area contributed by atoms with E-state index >= 15 is 0 Å². The van der Waals surface area contributed by atoms with Crippen molar-refractivity contribution in [2.45, 2.75) is 31.8 Å². The van der Waals surface area contributed by atoms with E-state index in [-0.39, 0.29) is 0 Å². The fourth-order valence-electron chi connectivity index (χ4n) is 2.26. The van der Waals surface area contributed by atoms with Crippen LogP contribution in [0.3, 0.4) is 0 Å². The Morgan fingerprint density at radius 1 is 1.32 bits per heavy atom. The third-order valence-corrected chi connectivity index (χ3v) is 3.49. The Labute approximate surface area is 127 Å². The number of ether oxygens (including phenoxy) is 1. The second kappa shape index (κ2) is 6.01. The molecular formula is C16H17N3O3. The van der Waals surface area contributed by atoms with Crippen LogP contribution in [0.25, 0.3) is 0 Å². The number of H-pyrrole nitrogens is 1. The zero-order chi connectivity index (χ0) is 15.5. The van der Waals surface area contributed by atoms with Crippen LogP contribution in [0.15, 0.2) is 36.4 Å². The zero-order valence-corrected chi connectivity index (χ0v) is 12.2. The molecule has 1 atom stereocenters. The summed E-state index contributed by atoms with van der Waals surface area (Å²) in [5, 5.41) is 9.69. The van der Waals surface area contributed by atoms with E-state index < -0.39 is 18.0 Å². The van der Waals surface area contributed by atoms with E-state index in [0.717, 1.165) is 18.5 Å². The first-order valence-corrected chi connectivity index (χ1v) is 7.22. The van der Waals surface area contributed by atoms with Crippen molar-refractivity contribution in [3.63, 3.8) is 0 Å². The summed E-state index contributed by atoms with van der Waals surface area (Å²) in [5.74, 6) is 0.0384. The molecule has 114 valence electrons. The number of amides is 1. The monoisotopic (exact) mass is 299 g/mol. The molecule has 0 unspecified atom stereocenters. The fourth-order valence-corrected chi connectivity index (χ4v) is 2.26. The number of aromatic amines is 1. The van der Waals surface area contributed by atoms with Crippen molar-refractivity contribution in [3.05, 3.63) is 47.7 Å². The second-order valence-electron chi connectivity index (χ2n) is 5.37. The highest BCUT2D eigenvalue weighted by Gasteiger charge is 2.27. The number of rotatable bonds is 5. The van der Waals surface area contributed by atoms with Gasteiger partial charge in [-0.05, 0) is 12.8 Å². The van der Waals surface area contributed by atoms with Crippen LogP contribution in [0.5, 0.6) is 0 Å². The van der Waals surface area contributed by atoms with Crippen molar-refractivity contribution >= 4 is 17.7 Å². The molecule has 0 radical (unpaired) electrons. The van der Waals surface area contributed by atoms with Crippen molar-refractivity contribution in [2.24, 2.45) is 0 Å². The molecule has 6 nitrogen and oxygen atoms in total. The van der Waals surface area contributed by atoms with Crippen LogP contribution in [0.1, 0.15) is 43.0 Å². The maximum Gasteiger partial charge on any atom is 0.303 e. The van der Waals surface area contributed by atoms with Crippen molar-refractivity contribution in [1.29, 1.82) is 0 Å². The molecule has 3 rings (SSSR count). The molecule has 1 aromatic heterocycles. The molecule has 1 aromatic carbocycles. The van der Waals surface area contributed by atoms with Gasteiger partial charge in [0.2, 0.25) is 6.10 Å². The summed E-state index contributed by atoms with van der Waals surface area (Å²) in [7, 11) is 0. The van der Waals surface area contributed by atoms with Crippen LogP contribution in [-0.4, -0.2) is 22.1 Å². The molecular weight excluding hydrogens is 282 g/mol. The average Bonchev–Trinajstić information content (AvgIpc) is 3.26. The summed E-state index contributed by atoms with van der Waals surface area (Å²) in [4.78, 5) is 23.7. The number of carbonyl (C=O) groups is 2. The van der Waals surface area contributed by atoms with Crippen LogP contribution in [-0.2, 0) is 14.3 Å². The topological polar surface area (TPSA) is 84.1 Å². The highest BCUT2D eigenvalue weighted by Crippen LogP contribution is 2.39. The Morgan fingerprint density at radius 3 is 2.68 bits per heavy atom. The van der Waals surface area contributed by atoms with Gasteiger partial charge in [-0.3, -0.25) is 14.7 Å². The number of benzene rings is 1. The van der Waals surface area contributed by atoms with Crippen LogP contribution in [0.2, 0.25) is 0 Å². The minimum atomic E-state index is -0.986. The van der Waals surface area contributed by atoms with Gasteiger partial charge in [-0.1, -0.05) is 30.3 Å². The van der Waals surface area contributed by atoms with Gasteiger partial charge in [-0.2, -0.15) is 5.10 Å². The molecule has 1 aliphatic carbocycles. The van der Waals surface area contributed by atoms with Gasteiger partial charge in [0.1, 0.15) is 0 Å². The molecule has 0 spiro atoms. The number of nitrogens with zero attached hydrogens (tertiary/aromatic N) is 1. The van der Waals surface area contributed by atoms with Crippen molar-refractivity contribution in [1.82, 2.24) is 10.2 Å². The SMILES string of the molecule is CC(=O)O[C@@H](C(=O)Nc1cc(C2CC2)[nH]n1)c1ccccc1. The standard InChI is InChI=1S/C16H17N3O3/c1-10(20)22-15(12-5-3-2-4-6-12)16(21)17-14-9-13(18-19-14)11-7-8-11/h2-6,9,11,15H,7-8H2,1H3,(H2,17,18,19,21)/t15-/m1/s1. The summed E-state index contributed by atoms with van der Waals surface area (Å²) >= 11 is 0. The number of esters is 1. The predicted molar refractivity (Wildman–Crippen MR) is 80.1 cm³/mol. The van der Waals surface area contributed by atoms with Gasteiger partial charge in [0, 0.05) is 30.2 Å². The third kappa shape index (κ3) is 3.33. The minimum absolute atomic E-state index is 0.421. The van der Waals surface area contributed by atoms with E-state index in [1.165, 1.54) is 6.92 Å². The lowest BCUT2D eigenvalue weighted by molar-refractivity contribution is -0.152. The van der Waals surface area contributed by atoms with Crippen LogP contribution >= 0.6 is 0 Å². The molecule has 1 heterocycles. The van der Waals surface area contributed by atoms with E-state index in [4.69, 9.17) is 4.74 Å². The van der Waals surface area contributed by atoms with Crippen molar-refractivity contribution in [2.75, 3.05) is 5.32 Å². The Bertz CT molecular complexity index is 677. The molecule has 1 saturated carbocycles. The Morgan fingerprint density at radius 2 is 2.05 bits per heavy atom. The second-order valence-corrected chi connectivity index (χ2v) is 5.37. The minimum Gasteiger partial charge on any atom is -0.447 e. The van der Waals surface area contributed by atoms with Gasteiger partial charge in [0.05, 0.1) is 0 Å². The number of anilines is 1. The molecule has 22 heavy (non-hydrogen) atoms. The predicted octanol–water partition coefficient (Wildman–Crippen LogP) is 2.53. The quantitative estimate of drug-likeness (QED) is 0.831. The molecule has 1 amide bonds. The summed E-state index contributed by atoms with van der Waals surface area (Å²) in [6.07, 6.45) is 1.31. The zero-order valence-electron chi connectivity index (χ0n) is 12.2. The van der Waals surface area contributed by atoms with Crippen LogP contribution in [0.4, 0.5) is 5.82 Å². The van der Waals surface area contributed by atoms with Crippen LogP contribution in [0, 0.1) is 0 Å². The molecule has 0 bridgehead atoms. The normalized spacial score (nSPS) is 15.1. The Balaban J connectivity index is 1.74. The van der Waals surface area contributed by atoms with E-state index in [1.54, 1.807) is 24.3 Å². The summed E-state index contributed by atoms with van der Waals surface area (Å²) in [6.45, 7) is 1.28. The molecule has 1 aliphatic rings. The Hall–Kier alpha value is -2.63. The number of aromatic nitrogens is 2. The van der Waals surface area contributed by atoms with Gasteiger partial charge in [0.25, 0.3) is 5.91 Å². The van der Waals surface area contributed by atoms with E-state index in [0.29, 0.717) is 17.3 Å². The number of nitrogens with one attached hydrogen (secondary N) is 2. The van der Waals surface area contributed by atoms with Gasteiger partial charge in [0.15, 0.2) is 5.82 Å². The maximum absolute atomic E-state index is 12.4. The molecule has 2 aromatic rings. The van der Waals surface area contributed by atoms with E-state index in [1.807, 2.05) is 12.1 Å². The number of carbonyl (C=O) groups excluding carboxylic acids is 2. The third-order valence-electron chi connectivity index (χ3n) is 3.49. The number of hydrogen-bond acceptors (Lipinski definition) is 4. The van der Waals surface area contributed by atoms with E-state index in [2.05, 4.69) is 15.5 Å². The van der Waals surface area contributed by atoms with Gasteiger partial charge >= 0.3 is 5.97 Å². The highest BCUT2D eigenvalue weighted by molar-refractivity contribution is 5.95. The van der Waals surface area contributed by atoms with E-state index in [9.17, 15) is 9.59 Å². The molecule has 0 aliphatic heterocycles. The fraction of sp³-hybridized carbons (Fsp3) is 0.312. The summed E-state index contributed by atoms with van der Waals surface area (Å²) in [6, 6.07) is 10.7. The maximum atomic E-state index is 12.4. The van der Waals surface area contributed by atoms with Crippen LogP contribution < -0.4 is 5.32 Å². The first kappa shape index (κ1) is 14.3.